The highest BCUT2D eigenvalue weighted by atomic mass is 16.5. The van der Waals surface area contributed by atoms with E-state index in [1.165, 1.54) is 0 Å². The van der Waals surface area contributed by atoms with Crippen LogP contribution >= 0.6 is 0 Å². The number of nitrogens with zero attached hydrogens (tertiary/aromatic N) is 2. The number of hydrogen-bond donors (Lipinski definition) is 1. The molecule has 0 aliphatic carbocycles. The molecule has 122 valence electrons. The number of carbonyl (C=O) groups excluding carboxylic acids is 1. The molecule has 1 aromatic heterocycles. The van der Waals surface area contributed by atoms with Gasteiger partial charge in [0.2, 0.25) is 0 Å². The molecule has 0 saturated heterocycles. The maximum absolute atomic E-state index is 12.6. The van der Waals surface area contributed by atoms with E-state index in [-0.39, 0.29) is 11.9 Å². The summed E-state index contributed by atoms with van der Waals surface area (Å²) < 4.78 is 12.6. The van der Waals surface area contributed by atoms with Crippen molar-refractivity contribution in [1.29, 1.82) is 0 Å². The van der Waals surface area contributed by atoms with Crippen LogP contribution in [0.4, 0.5) is 0 Å². The topological polar surface area (TPSA) is 65.4 Å². The monoisotopic (exact) mass is 315 g/mol. The van der Waals surface area contributed by atoms with Crippen molar-refractivity contribution in [3.63, 3.8) is 0 Å². The first-order chi connectivity index (χ1) is 11.2. The van der Waals surface area contributed by atoms with Gasteiger partial charge >= 0.3 is 0 Å². The number of ether oxygens (including phenoxy) is 2. The normalized spacial score (nSPS) is 14.7. The number of methoxy groups -OCH3 is 1. The molecule has 1 aromatic carbocycles. The molecular weight excluding hydrogens is 294 g/mol. The van der Waals surface area contributed by atoms with Crippen molar-refractivity contribution >= 4 is 5.91 Å². The van der Waals surface area contributed by atoms with Gasteiger partial charge in [-0.1, -0.05) is 0 Å². The Bertz CT molecular complexity index is 696. The zero-order valence-electron chi connectivity index (χ0n) is 13.4. The van der Waals surface area contributed by atoms with E-state index in [4.69, 9.17) is 9.47 Å². The van der Waals surface area contributed by atoms with E-state index in [1.807, 2.05) is 25.2 Å². The largest absolute Gasteiger partial charge is 0.493 e. The third kappa shape index (κ3) is 3.37. The van der Waals surface area contributed by atoms with Gasteiger partial charge in [-0.15, -0.1) is 0 Å². The highest BCUT2D eigenvalue weighted by Gasteiger charge is 2.20. The Morgan fingerprint density at radius 1 is 1.48 bits per heavy atom. The fourth-order valence-corrected chi connectivity index (χ4v) is 2.84. The summed E-state index contributed by atoms with van der Waals surface area (Å²) >= 11 is 0. The van der Waals surface area contributed by atoms with Gasteiger partial charge in [0.05, 0.1) is 24.9 Å². The molecule has 1 atom stereocenters. The fraction of sp³-hybridized carbons (Fsp3) is 0.412. The van der Waals surface area contributed by atoms with E-state index < -0.39 is 0 Å². The number of rotatable bonds is 5. The summed E-state index contributed by atoms with van der Waals surface area (Å²) in [7, 11) is 3.46. The van der Waals surface area contributed by atoms with Crippen LogP contribution in [0, 0.1) is 0 Å². The van der Waals surface area contributed by atoms with Crippen molar-refractivity contribution in [2.45, 2.75) is 18.9 Å². The average molecular weight is 315 g/mol. The van der Waals surface area contributed by atoms with Gasteiger partial charge < -0.3 is 14.8 Å². The molecule has 0 spiro atoms. The second kappa shape index (κ2) is 6.83. The summed E-state index contributed by atoms with van der Waals surface area (Å²) in [6.07, 6.45) is 3.64. The van der Waals surface area contributed by atoms with E-state index in [0.29, 0.717) is 12.2 Å². The van der Waals surface area contributed by atoms with Gasteiger partial charge in [-0.3, -0.25) is 9.48 Å². The van der Waals surface area contributed by atoms with Crippen LogP contribution in [-0.4, -0.2) is 36.0 Å². The number of carbonyl (C=O) groups is 1. The van der Waals surface area contributed by atoms with Crippen LogP contribution in [0.2, 0.25) is 0 Å². The number of aromatic nitrogens is 2. The predicted molar refractivity (Wildman–Crippen MR) is 85.5 cm³/mol. The smallest absolute Gasteiger partial charge is 0.251 e. The Kier molecular flexibility index (Phi) is 4.62. The Hall–Kier alpha value is -2.34. The Labute approximate surface area is 135 Å². The van der Waals surface area contributed by atoms with E-state index in [1.54, 1.807) is 24.1 Å². The number of aryl methyl sites for hydroxylation is 2. The van der Waals surface area contributed by atoms with Crippen molar-refractivity contribution < 1.29 is 14.3 Å². The molecule has 1 aliphatic rings. The van der Waals surface area contributed by atoms with Crippen LogP contribution in [0.1, 0.15) is 34.1 Å². The van der Waals surface area contributed by atoms with Crippen molar-refractivity contribution in [2.24, 2.45) is 7.05 Å². The third-order valence-electron chi connectivity index (χ3n) is 4.03. The van der Waals surface area contributed by atoms with Gasteiger partial charge in [-0.2, -0.15) is 5.10 Å². The number of amides is 1. The molecule has 6 nitrogen and oxygen atoms in total. The Morgan fingerprint density at radius 2 is 2.35 bits per heavy atom. The average Bonchev–Trinajstić information content (AvgIpc) is 3.00. The minimum atomic E-state index is -0.243. The molecule has 2 aromatic rings. The van der Waals surface area contributed by atoms with E-state index in [2.05, 4.69) is 10.4 Å². The number of fused-ring (bicyclic) bond motifs is 1. The summed E-state index contributed by atoms with van der Waals surface area (Å²) in [6, 6.07) is 7.22. The van der Waals surface area contributed by atoms with Crippen LogP contribution in [0.5, 0.6) is 5.75 Å². The maximum Gasteiger partial charge on any atom is 0.251 e. The molecule has 0 bridgehead atoms. The second-order valence-electron chi connectivity index (χ2n) is 5.64. The van der Waals surface area contributed by atoms with Crippen LogP contribution in [0.3, 0.4) is 0 Å². The van der Waals surface area contributed by atoms with E-state index >= 15 is 0 Å². The number of benzene rings is 1. The van der Waals surface area contributed by atoms with Gasteiger partial charge in [-0.05, 0) is 42.7 Å². The standard InChI is InChI=1S/C17H21N3O3/c1-20-15(7-8-18-20)14(11-22-2)19-17(21)13-5-6-16-12(10-13)4-3-9-23-16/h5-8,10,14H,3-4,9,11H2,1-2H3,(H,19,21)/t14-/m1/s1. The van der Waals surface area contributed by atoms with Crippen LogP contribution in [0.25, 0.3) is 0 Å². The van der Waals surface area contributed by atoms with Gasteiger partial charge in [0, 0.05) is 25.9 Å². The number of nitrogens with one attached hydrogen (secondary N) is 1. The quantitative estimate of drug-likeness (QED) is 0.915. The summed E-state index contributed by atoms with van der Waals surface area (Å²) in [5, 5.41) is 7.17. The highest BCUT2D eigenvalue weighted by molar-refractivity contribution is 5.94. The zero-order chi connectivity index (χ0) is 16.2. The van der Waals surface area contributed by atoms with Crippen LogP contribution < -0.4 is 10.1 Å². The van der Waals surface area contributed by atoms with Crippen molar-refractivity contribution in [2.75, 3.05) is 20.3 Å². The minimum Gasteiger partial charge on any atom is -0.493 e. The van der Waals surface area contributed by atoms with Crippen molar-refractivity contribution in [3.05, 3.63) is 47.3 Å². The first-order valence-electron chi connectivity index (χ1n) is 7.72. The molecule has 0 saturated carbocycles. The lowest BCUT2D eigenvalue weighted by molar-refractivity contribution is 0.0892. The van der Waals surface area contributed by atoms with Crippen LogP contribution in [-0.2, 0) is 18.2 Å². The molecular formula is C17H21N3O3. The molecule has 1 N–H and O–H groups in total. The molecule has 0 unspecified atom stereocenters. The fourth-order valence-electron chi connectivity index (χ4n) is 2.84. The lowest BCUT2D eigenvalue weighted by Crippen LogP contribution is -2.32. The molecule has 2 heterocycles. The predicted octanol–water partition coefficient (Wildman–Crippen LogP) is 1.86. The third-order valence-corrected chi connectivity index (χ3v) is 4.03. The first kappa shape index (κ1) is 15.6. The molecule has 1 aliphatic heterocycles. The second-order valence-corrected chi connectivity index (χ2v) is 5.64. The highest BCUT2D eigenvalue weighted by Crippen LogP contribution is 2.25. The van der Waals surface area contributed by atoms with Crippen LogP contribution in [0.15, 0.2) is 30.5 Å². The molecule has 3 rings (SSSR count). The SMILES string of the molecule is COC[C@@H](NC(=O)c1ccc2c(c1)CCCO2)c1ccnn1C. The van der Waals surface area contributed by atoms with Crippen molar-refractivity contribution in [3.8, 4) is 5.75 Å². The summed E-state index contributed by atoms with van der Waals surface area (Å²) in [6.45, 7) is 1.13. The Morgan fingerprint density at radius 3 is 3.09 bits per heavy atom. The first-order valence-corrected chi connectivity index (χ1v) is 7.72. The number of hydrogen-bond acceptors (Lipinski definition) is 4. The minimum absolute atomic E-state index is 0.123. The molecule has 0 radical (unpaired) electrons. The lowest BCUT2D eigenvalue weighted by atomic mass is 10.0. The maximum atomic E-state index is 12.6. The van der Waals surface area contributed by atoms with Gasteiger partial charge in [0.15, 0.2) is 0 Å². The van der Waals surface area contributed by atoms with E-state index in [0.717, 1.165) is 36.5 Å². The van der Waals surface area contributed by atoms with E-state index in [9.17, 15) is 4.79 Å². The summed E-state index contributed by atoms with van der Waals surface area (Å²) in [4.78, 5) is 12.6. The zero-order valence-corrected chi connectivity index (χ0v) is 13.4. The Balaban J connectivity index is 1.78. The molecule has 1 amide bonds. The molecule has 0 fully saturated rings. The molecule has 23 heavy (non-hydrogen) atoms. The van der Waals surface area contributed by atoms with Gasteiger partial charge in [-0.25, -0.2) is 0 Å². The van der Waals surface area contributed by atoms with Gasteiger partial charge in [0.25, 0.3) is 5.91 Å². The van der Waals surface area contributed by atoms with Crippen molar-refractivity contribution in [1.82, 2.24) is 15.1 Å². The summed E-state index contributed by atoms with van der Waals surface area (Å²) in [5.74, 6) is 0.759. The lowest BCUT2D eigenvalue weighted by Gasteiger charge is -2.20. The molecule has 6 heteroatoms. The summed E-state index contributed by atoms with van der Waals surface area (Å²) in [5.41, 5.74) is 2.63. The van der Waals surface area contributed by atoms with Gasteiger partial charge in [0.1, 0.15) is 5.75 Å².